The number of nitro benzene ring substituents is 1. The molecule has 0 aliphatic heterocycles. The van der Waals surface area contributed by atoms with E-state index in [-0.39, 0.29) is 5.69 Å². The molecule has 0 unspecified atom stereocenters. The second-order valence-corrected chi connectivity index (χ2v) is 6.53. The van der Waals surface area contributed by atoms with Crippen LogP contribution in [0.25, 0.3) is 11.4 Å². The Bertz CT molecular complexity index is 880. The van der Waals surface area contributed by atoms with Crippen molar-refractivity contribution < 1.29 is 9.45 Å². The van der Waals surface area contributed by atoms with E-state index in [0.29, 0.717) is 23.8 Å². The van der Waals surface area contributed by atoms with Gasteiger partial charge in [0.05, 0.1) is 11.5 Å². The van der Waals surface area contributed by atoms with Crippen LogP contribution in [0.4, 0.5) is 5.69 Å². The number of hydrogen-bond donors (Lipinski definition) is 0. The molecule has 0 bridgehead atoms. The van der Waals surface area contributed by atoms with Crippen molar-refractivity contribution in [3.05, 3.63) is 74.6 Å². The molecule has 1 heterocycles. The molecule has 0 fully saturated rings. The molecular weight excluding hydrogens is 388 g/mol. The van der Waals surface area contributed by atoms with Gasteiger partial charge in [0, 0.05) is 28.7 Å². The van der Waals surface area contributed by atoms with Crippen molar-refractivity contribution in [3.63, 3.8) is 0 Å². The quantitative estimate of drug-likeness (QED) is 0.456. The number of non-ortho nitro benzene ring substituents is 1. The van der Waals surface area contributed by atoms with Crippen molar-refractivity contribution in [2.24, 2.45) is 0 Å². The number of halogens is 1. The van der Waals surface area contributed by atoms with E-state index in [4.69, 9.17) is 4.52 Å². The second kappa shape index (κ2) is 7.54. The largest absolute Gasteiger partial charge is 0.338 e. The van der Waals surface area contributed by atoms with Gasteiger partial charge in [0.25, 0.3) is 5.69 Å². The fourth-order valence-corrected chi connectivity index (χ4v) is 2.65. The highest BCUT2D eigenvalue weighted by Crippen LogP contribution is 2.21. The van der Waals surface area contributed by atoms with Crippen LogP contribution in [0.1, 0.15) is 11.5 Å². The van der Waals surface area contributed by atoms with Crippen LogP contribution in [0, 0.1) is 10.1 Å². The van der Waals surface area contributed by atoms with Crippen LogP contribution in [0.15, 0.2) is 57.5 Å². The average Bonchev–Trinajstić information content (AvgIpc) is 3.05. The number of aromatic nitrogens is 2. The van der Waals surface area contributed by atoms with E-state index in [0.717, 1.165) is 11.0 Å². The molecule has 0 atom stereocenters. The molecule has 0 aliphatic carbocycles. The SMILES string of the molecule is CN(Cc1ccc(Br)cc1)Cc1nc(-c2cccc([N+](=O)[O-])c2)no1. The minimum absolute atomic E-state index is 0.00351. The first-order chi connectivity index (χ1) is 12.0. The van der Waals surface area contributed by atoms with Crippen molar-refractivity contribution in [2.45, 2.75) is 13.1 Å². The van der Waals surface area contributed by atoms with Gasteiger partial charge in [-0.3, -0.25) is 15.0 Å². The summed E-state index contributed by atoms with van der Waals surface area (Å²) >= 11 is 3.42. The van der Waals surface area contributed by atoms with Crippen molar-refractivity contribution in [3.8, 4) is 11.4 Å². The first-order valence-electron chi connectivity index (χ1n) is 7.51. The van der Waals surface area contributed by atoms with Gasteiger partial charge >= 0.3 is 0 Å². The van der Waals surface area contributed by atoms with Gasteiger partial charge in [-0.25, -0.2) is 0 Å². The molecule has 0 saturated carbocycles. The van der Waals surface area contributed by atoms with Gasteiger partial charge in [0.2, 0.25) is 11.7 Å². The van der Waals surface area contributed by atoms with Crippen LogP contribution in [0.2, 0.25) is 0 Å². The second-order valence-electron chi connectivity index (χ2n) is 5.62. The maximum Gasteiger partial charge on any atom is 0.270 e. The van der Waals surface area contributed by atoms with Gasteiger partial charge in [-0.2, -0.15) is 4.98 Å². The normalized spacial score (nSPS) is 11.0. The van der Waals surface area contributed by atoms with E-state index in [1.54, 1.807) is 12.1 Å². The zero-order valence-electron chi connectivity index (χ0n) is 13.4. The Morgan fingerprint density at radius 1 is 1.20 bits per heavy atom. The van der Waals surface area contributed by atoms with Gasteiger partial charge in [0.15, 0.2) is 0 Å². The fourth-order valence-electron chi connectivity index (χ4n) is 2.38. The topological polar surface area (TPSA) is 85.3 Å². The molecule has 0 radical (unpaired) electrons. The molecule has 1 aromatic heterocycles. The van der Waals surface area contributed by atoms with Crippen LogP contribution in [-0.4, -0.2) is 27.0 Å². The Labute approximate surface area is 152 Å². The number of nitro groups is 1. The molecule has 3 aromatic rings. The van der Waals surface area contributed by atoms with Gasteiger partial charge in [-0.05, 0) is 24.7 Å². The van der Waals surface area contributed by atoms with Gasteiger partial charge in [-0.15, -0.1) is 0 Å². The lowest BCUT2D eigenvalue weighted by molar-refractivity contribution is -0.384. The molecule has 0 amide bonds. The van der Waals surface area contributed by atoms with E-state index in [1.165, 1.54) is 17.7 Å². The van der Waals surface area contributed by atoms with E-state index in [2.05, 4.69) is 26.1 Å². The van der Waals surface area contributed by atoms with Gasteiger partial charge in [-0.1, -0.05) is 45.4 Å². The minimum atomic E-state index is -0.448. The predicted molar refractivity (Wildman–Crippen MR) is 95.7 cm³/mol. The number of nitrogens with zero attached hydrogens (tertiary/aromatic N) is 4. The van der Waals surface area contributed by atoms with E-state index in [9.17, 15) is 10.1 Å². The lowest BCUT2D eigenvalue weighted by Gasteiger charge is -2.14. The molecule has 0 aliphatic rings. The first-order valence-corrected chi connectivity index (χ1v) is 8.31. The third kappa shape index (κ3) is 4.49. The van der Waals surface area contributed by atoms with Crippen molar-refractivity contribution in [1.82, 2.24) is 15.0 Å². The zero-order chi connectivity index (χ0) is 17.8. The molecule has 8 heteroatoms. The highest BCUT2D eigenvalue weighted by molar-refractivity contribution is 9.10. The Kier molecular flexibility index (Phi) is 5.20. The summed E-state index contributed by atoms with van der Waals surface area (Å²) < 4.78 is 6.31. The smallest absolute Gasteiger partial charge is 0.270 e. The van der Waals surface area contributed by atoms with Crippen LogP contribution < -0.4 is 0 Å². The third-order valence-electron chi connectivity index (χ3n) is 3.55. The molecule has 7 nitrogen and oxygen atoms in total. The van der Waals surface area contributed by atoms with Crippen LogP contribution in [0.3, 0.4) is 0 Å². The maximum absolute atomic E-state index is 10.9. The standard InChI is InChI=1S/C17H15BrN4O3/c1-21(10-12-5-7-14(18)8-6-12)11-16-19-17(20-25-16)13-3-2-4-15(9-13)22(23)24/h2-9H,10-11H2,1H3. The maximum atomic E-state index is 10.9. The van der Waals surface area contributed by atoms with Gasteiger partial charge in [0.1, 0.15) is 0 Å². The van der Waals surface area contributed by atoms with Crippen LogP contribution >= 0.6 is 15.9 Å². The molecule has 3 rings (SSSR count). The molecule has 128 valence electrons. The lowest BCUT2D eigenvalue weighted by atomic mass is 10.2. The Morgan fingerprint density at radius 2 is 1.96 bits per heavy atom. The summed E-state index contributed by atoms with van der Waals surface area (Å²) in [7, 11) is 1.96. The molecule has 0 saturated heterocycles. The molecule has 0 spiro atoms. The third-order valence-corrected chi connectivity index (χ3v) is 4.08. The summed E-state index contributed by atoms with van der Waals surface area (Å²) in [6, 6.07) is 14.3. The molecular formula is C17H15BrN4O3. The predicted octanol–water partition coefficient (Wildman–Crippen LogP) is 4.04. The average molecular weight is 403 g/mol. The van der Waals surface area contributed by atoms with Crippen molar-refractivity contribution >= 4 is 21.6 Å². The summed E-state index contributed by atoms with van der Waals surface area (Å²) in [5.74, 6) is 0.803. The Balaban J connectivity index is 1.68. The number of rotatable bonds is 6. The Hall–Kier alpha value is -2.58. The fraction of sp³-hybridized carbons (Fsp3) is 0.176. The summed E-state index contributed by atoms with van der Waals surface area (Å²) in [5, 5.41) is 14.8. The lowest BCUT2D eigenvalue weighted by Crippen LogP contribution is -2.17. The summed E-state index contributed by atoms with van der Waals surface area (Å²) in [6.07, 6.45) is 0. The van der Waals surface area contributed by atoms with Crippen LogP contribution in [0.5, 0.6) is 0 Å². The van der Waals surface area contributed by atoms with E-state index < -0.39 is 4.92 Å². The van der Waals surface area contributed by atoms with Crippen LogP contribution in [-0.2, 0) is 13.1 Å². The highest BCUT2D eigenvalue weighted by Gasteiger charge is 2.14. The monoisotopic (exact) mass is 402 g/mol. The van der Waals surface area contributed by atoms with Crippen molar-refractivity contribution in [2.75, 3.05) is 7.05 Å². The summed E-state index contributed by atoms with van der Waals surface area (Å²) in [6.45, 7) is 1.22. The van der Waals surface area contributed by atoms with Crippen molar-refractivity contribution in [1.29, 1.82) is 0 Å². The van der Waals surface area contributed by atoms with Gasteiger partial charge < -0.3 is 4.52 Å². The van der Waals surface area contributed by atoms with E-state index >= 15 is 0 Å². The Morgan fingerprint density at radius 3 is 2.68 bits per heavy atom. The number of hydrogen-bond acceptors (Lipinski definition) is 6. The number of benzene rings is 2. The highest BCUT2D eigenvalue weighted by atomic mass is 79.9. The minimum Gasteiger partial charge on any atom is -0.338 e. The molecule has 25 heavy (non-hydrogen) atoms. The first kappa shape index (κ1) is 17.2. The zero-order valence-corrected chi connectivity index (χ0v) is 15.0. The summed E-state index contributed by atoms with van der Waals surface area (Å²) in [4.78, 5) is 16.8. The molecule has 0 N–H and O–H groups in total. The summed E-state index contributed by atoms with van der Waals surface area (Å²) in [5.41, 5.74) is 1.72. The van der Waals surface area contributed by atoms with E-state index in [1.807, 2.05) is 36.2 Å². The molecule has 2 aromatic carbocycles.